The van der Waals surface area contributed by atoms with Crippen molar-refractivity contribution in [3.63, 3.8) is 0 Å². The molecule has 1 aliphatic carbocycles. The van der Waals surface area contributed by atoms with Crippen LogP contribution in [-0.2, 0) is 0 Å². The standard InChI is InChI=1S/C19H24N2O4/c1-12(2)18-11-15(21-25-18)19(23)20-13-7-9-14(10-8-13)24-17-6-4-3-5-16(17)22/h7-12,16-17,22H,3-6H2,1-2H3,(H,20,23). The first kappa shape index (κ1) is 17.5. The van der Waals surface area contributed by atoms with E-state index in [0.29, 0.717) is 17.2 Å². The number of aromatic nitrogens is 1. The number of benzene rings is 1. The van der Waals surface area contributed by atoms with Crippen LogP contribution in [-0.4, -0.2) is 28.4 Å². The molecule has 25 heavy (non-hydrogen) atoms. The van der Waals surface area contributed by atoms with Crippen molar-refractivity contribution in [3.8, 4) is 5.75 Å². The molecule has 1 aromatic carbocycles. The Hall–Kier alpha value is -2.34. The number of hydrogen-bond donors (Lipinski definition) is 2. The number of aliphatic hydroxyl groups excluding tert-OH is 1. The SMILES string of the molecule is CC(C)c1cc(C(=O)Nc2ccc(OC3CCCCC3O)cc2)no1. The fourth-order valence-corrected chi connectivity index (χ4v) is 2.87. The van der Waals surface area contributed by atoms with Gasteiger partial charge in [-0.2, -0.15) is 0 Å². The fourth-order valence-electron chi connectivity index (χ4n) is 2.87. The molecule has 0 saturated heterocycles. The van der Waals surface area contributed by atoms with Crippen molar-refractivity contribution in [2.75, 3.05) is 5.32 Å². The predicted molar refractivity (Wildman–Crippen MR) is 93.9 cm³/mol. The topological polar surface area (TPSA) is 84.6 Å². The minimum absolute atomic E-state index is 0.154. The van der Waals surface area contributed by atoms with Crippen molar-refractivity contribution >= 4 is 11.6 Å². The molecule has 1 fully saturated rings. The molecule has 2 N–H and O–H groups in total. The molecule has 2 unspecified atom stereocenters. The van der Waals surface area contributed by atoms with E-state index < -0.39 is 6.10 Å². The Labute approximate surface area is 147 Å². The summed E-state index contributed by atoms with van der Waals surface area (Å²) in [5.74, 6) is 1.24. The van der Waals surface area contributed by atoms with E-state index in [9.17, 15) is 9.90 Å². The summed E-state index contributed by atoms with van der Waals surface area (Å²) in [6, 6.07) is 8.78. The van der Waals surface area contributed by atoms with Crippen LogP contribution in [0.25, 0.3) is 0 Å². The van der Waals surface area contributed by atoms with Gasteiger partial charge in [0.25, 0.3) is 5.91 Å². The van der Waals surface area contributed by atoms with Crippen LogP contribution in [0, 0.1) is 0 Å². The first-order valence-corrected chi connectivity index (χ1v) is 8.75. The number of carbonyl (C=O) groups is 1. The second kappa shape index (κ2) is 7.70. The number of anilines is 1. The van der Waals surface area contributed by atoms with Crippen molar-refractivity contribution in [2.45, 2.75) is 57.7 Å². The normalized spacial score (nSPS) is 20.5. The lowest BCUT2D eigenvalue weighted by atomic mass is 9.95. The molecule has 134 valence electrons. The number of rotatable bonds is 5. The van der Waals surface area contributed by atoms with Crippen molar-refractivity contribution in [1.82, 2.24) is 5.16 Å². The summed E-state index contributed by atoms with van der Waals surface area (Å²) in [6.45, 7) is 3.95. The molecule has 1 aliphatic rings. The fraction of sp³-hybridized carbons (Fsp3) is 0.474. The number of aliphatic hydroxyl groups is 1. The number of amides is 1. The monoisotopic (exact) mass is 344 g/mol. The first-order chi connectivity index (χ1) is 12.0. The van der Waals surface area contributed by atoms with Gasteiger partial charge in [0, 0.05) is 17.7 Å². The zero-order valence-electron chi connectivity index (χ0n) is 14.6. The number of ether oxygens (including phenoxy) is 1. The lowest BCUT2D eigenvalue weighted by molar-refractivity contribution is 0.00688. The lowest BCUT2D eigenvalue weighted by Gasteiger charge is -2.28. The molecule has 6 nitrogen and oxygen atoms in total. The highest BCUT2D eigenvalue weighted by Gasteiger charge is 2.24. The van der Waals surface area contributed by atoms with E-state index in [4.69, 9.17) is 9.26 Å². The molecule has 1 amide bonds. The second-order valence-electron chi connectivity index (χ2n) is 6.76. The number of nitrogens with one attached hydrogen (secondary N) is 1. The zero-order chi connectivity index (χ0) is 17.8. The number of nitrogens with zero attached hydrogens (tertiary/aromatic N) is 1. The maximum atomic E-state index is 12.2. The lowest BCUT2D eigenvalue weighted by Crippen LogP contribution is -2.34. The van der Waals surface area contributed by atoms with Crippen LogP contribution >= 0.6 is 0 Å². The highest BCUT2D eigenvalue weighted by molar-refractivity contribution is 6.02. The molecule has 6 heteroatoms. The van der Waals surface area contributed by atoms with Crippen LogP contribution in [0.1, 0.15) is 61.7 Å². The van der Waals surface area contributed by atoms with Crippen molar-refractivity contribution in [2.24, 2.45) is 0 Å². The van der Waals surface area contributed by atoms with Gasteiger partial charge < -0.3 is 19.7 Å². The Morgan fingerprint density at radius 2 is 2.00 bits per heavy atom. The molecule has 1 saturated carbocycles. The van der Waals surface area contributed by atoms with Gasteiger partial charge in [0.15, 0.2) is 5.69 Å². The largest absolute Gasteiger partial charge is 0.488 e. The highest BCUT2D eigenvalue weighted by atomic mass is 16.5. The van der Waals surface area contributed by atoms with E-state index in [-0.39, 0.29) is 23.6 Å². The van der Waals surface area contributed by atoms with Gasteiger partial charge in [-0.05, 0) is 43.5 Å². The van der Waals surface area contributed by atoms with Crippen LogP contribution in [0.2, 0.25) is 0 Å². The van der Waals surface area contributed by atoms with E-state index >= 15 is 0 Å². The van der Waals surface area contributed by atoms with Gasteiger partial charge in [-0.25, -0.2) is 0 Å². The van der Waals surface area contributed by atoms with Gasteiger partial charge in [-0.3, -0.25) is 4.79 Å². The summed E-state index contributed by atoms with van der Waals surface area (Å²) in [5, 5.41) is 16.6. The maximum absolute atomic E-state index is 12.2. The molecule has 0 spiro atoms. The smallest absolute Gasteiger partial charge is 0.277 e. The number of hydrogen-bond acceptors (Lipinski definition) is 5. The highest BCUT2D eigenvalue weighted by Crippen LogP contribution is 2.25. The van der Waals surface area contributed by atoms with E-state index in [2.05, 4.69) is 10.5 Å². The van der Waals surface area contributed by atoms with Crippen LogP contribution in [0.4, 0.5) is 5.69 Å². The minimum Gasteiger partial charge on any atom is -0.488 e. The zero-order valence-corrected chi connectivity index (χ0v) is 14.6. The van der Waals surface area contributed by atoms with Gasteiger partial charge >= 0.3 is 0 Å². The van der Waals surface area contributed by atoms with Crippen LogP contribution in [0.5, 0.6) is 5.75 Å². The molecule has 2 atom stereocenters. The van der Waals surface area contributed by atoms with Crippen LogP contribution < -0.4 is 10.1 Å². The van der Waals surface area contributed by atoms with Crippen LogP contribution in [0.15, 0.2) is 34.9 Å². The van der Waals surface area contributed by atoms with E-state index in [1.165, 1.54) is 0 Å². The summed E-state index contributed by atoms with van der Waals surface area (Å²) >= 11 is 0. The second-order valence-corrected chi connectivity index (χ2v) is 6.76. The van der Waals surface area contributed by atoms with Gasteiger partial charge in [0.05, 0.1) is 6.10 Å². The van der Waals surface area contributed by atoms with Crippen molar-refractivity contribution < 1.29 is 19.2 Å². The van der Waals surface area contributed by atoms with Crippen molar-refractivity contribution in [1.29, 1.82) is 0 Å². The Bertz CT molecular complexity index is 708. The average Bonchev–Trinajstić information content (AvgIpc) is 3.09. The summed E-state index contributed by atoms with van der Waals surface area (Å²) in [5.41, 5.74) is 0.907. The summed E-state index contributed by atoms with van der Waals surface area (Å²) in [4.78, 5) is 12.2. The van der Waals surface area contributed by atoms with Gasteiger partial charge in [-0.1, -0.05) is 25.4 Å². The maximum Gasteiger partial charge on any atom is 0.277 e. The Morgan fingerprint density at radius 1 is 1.28 bits per heavy atom. The number of carbonyl (C=O) groups excluding carboxylic acids is 1. The molecule has 0 bridgehead atoms. The Morgan fingerprint density at radius 3 is 2.64 bits per heavy atom. The van der Waals surface area contributed by atoms with Crippen molar-refractivity contribution in [3.05, 3.63) is 41.8 Å². The average molecular weight is 344 g/mol. The minimum atomic E-state index is -0.407. The third-order valence-electron chi connectivity index (χ3n) is 4.40. The summed E-state index contributed by atoms with van der Waals surface area (Å²) in [7, 11) is 0. The Balaban J connectivity index is 1.59. The van der Waals surface area contributed by atoms with Gasteiger partial charge in [0.1, 0.15) is 17.6 Å². The molecular weight excluding hydrogens is 320 g/mol. The van der Waals surface area contributed by atoms with Crippen LogP contribution in [0.3, 0.4) is 0 Å². The molecule has 0 radical (unpaired) electrons. The van der Waals surface area contributed by atoms with Gasteiger partial charge in [0.2, 0.25) is 0 Å². The molecule has 2 aromatic rings. The third-order valence-corrected chi connectivity index (χ3v) is 4.40. The van der Waals surface area contributed by atoms with E-state index in [1.807, 2.05) is 13.8 Å². The molecule has 1 aromatic heterocycles. The quantitative estimate of drug-likeness (QED) is 0.863. The Kier molecular flexibility index (Phi) is 5.38. The molecule has 3 rings (SSSR count). The third kappa shape index (κ3) is 4.39. The van der Waals surface area contributed by atoms with E-state index in [1.54, 1.807) is 30.3 Å². The predicted octanol–water partition coefficient (Wildman–Crippen LogP) is 3.73. The molecule has 1 heterocycles. The van der Waals surface area contributed by atoms with Gasteiger partial charge in [-0.15, -0.1) is 0 Å². The molecule has 0 aliphatic heterocycles. The summed E-state index contributed by atoms with van der Waals surface area (Å²) < 4.78 is 11.0. The first-order valence-electron chi connectivity index (χ1n) is 8.75. The van der Waals surface area contributed by atoms with E-state index in [0.717, 1.165) is 25.7 Å². The molecular formula is C19H24N2O4. The summed E-state index contributed by atoms with van der Waals surface area (Å²) in [6.07, 6.45) is 3.21.